The summed E-state index contributed by atoms with van der Waals surface area (Å²) in [4.78, 5) is 6.08. The Morgan fingerprint density at radius 2 is 2.22 bits per heavy atom. The van der Waals surface area contributed by atoms with Gasteiger partial charge in [-0.15, -0.1) is 0 Å². The van der Waals surface area contributed by atoms with Crippen molar-refractivity contribution >= 4 is 10.9 Å². The molecular formula is C15H20N2O. The molecule has 0 amide bonds. The monoisotopic (exact) mass is 244 g/mol. The molecule has 3 nitrogen and oxygen atoms in total. The topological polar surface area (TPSA) is 28.3 Å². The van der Waals surface area contributed by atoms with Crippen LogP contribution in [0.3, 0.4) is 0 Å². The van der Waals surface area contributed by atoms with Crippen molar-refractivity contribution in [3.8, 4) is 0 Å². The second kappa shape index (κ2) is 5.12. The van der Waals surface area contributed by atoms with Gasteiger partial charge in [-0.25, -0.2) is 0 Å². The number of nitrogens with zero attached hydrogens (tertiary/aromatic N) is 1. The van der Waals surface area contributed by atoms with Crippen LogP contribution in [-0.2, 0) is 17.7 Å². The molecular weight excluding hydrogens is 224 g/mol. The van der Waals surface area contributed by atoms with E-state index in [1.165, 1.54) is 22.2 Å². The molecule has 1 aliphatic rings. The van der Waals surface area contributed by atoms with Gasteiger partial charge in [0.2, 0.25) is 0 Å². The van der Waals surface area contributed by atoms with Crippen molar-refractivity contribution in [3.05, 3.63) is 35.5 Å². The highest BCUT2D eigenvalue weighted by atomic mass is 16.5. The fraction of sp³-hybridized carbons (Fsp3) is 0.467. The molecule has 0 spiro atoms. The summed E-state index contributed by atoms with van der Waals surface area (Å²) < 4.78 is 5.12. The van der Waals surface area contributed by atoms with Gasteiger partial charge in [-0.3, -0.25) is 4.90 Å². The minimum absolute atomic E-state index is 0.858. The summed E-state index contributed by atoms with van der Waals surface area (Å²) in [7, 11) is 1.77. The summed E-state index contributed by atoms with van der Waals surface area (Å²) in [6.45, 7) is 4.22. The molecule has 0 unspecified atom stereocenters. The Balaban J connectivity index is 1.78. The lowest BCUT2D eigenvalue weighted by molar-refractivity contribution is 0.167. The van der Waals surface area contributed by atoms with Crippen molar-refractivity contribution in [2.45, 2.75) is 19.4 Å². The predicted octanol–water partition coefficient (Wildman–Crippen LogP) is 2.56. The van der Waals surface area contributed by atoms with Crippen molar-refractivity contribution in [2.24, 2.45) is 0 Å². The second-order valence-corrected chi connectivity index (χ2v) is 5.00. The summed E-state index contributed by atoms with van der Waals surface area (Å²) in [5.74, 6) is 0. The van der Waals surface area contributed by atoms with E-state index in [1.54, 1.807) is 7.11 Å². The molecule has 18 heavy (non-hydrogen) atoms. The number of rotatable bonds is 4. The van der Waals surface area contributed by atoms with Gasteiger partial charge in [0.25, 0.3) is 0 Å². The van der Waals surface area contributed by atoms with Gasteiger partial charge in [-0.1, -0.05) is 18.2 Å². The number of hydrogen-bond acceptors (Lipinski definition) is 2. The van der Waals surface area contributed by atoms with E-state index in [0.29, 0.717) is 0 Å². The minimum atomic E-state index is 0.858. The third kappa shape index (κ3) is 2.16. The third-order valence-corrected chi connectivity index (χ3v) is 3.78. The molecule has 2 heterocycles. The molecule has 1 aromatic carbocycles. The normalized spacial score (nSPS) is 16.1. The number of aromatic amines is 1. The van der Waals surface area contributed by atoms with Gasteiger partial charge < -0.3 is 9.72 Å². The van der Waals surface area contributed by atoms with Crippen LogP contribution in [0.1, 0.15) is 17.7 Å². The smallest absolute Gasteiger partial charge is 0.0474 e. The average Bonchev–Trinajstić information content (AvgIpc) is 2.77. The number of nitrogens with one attached hydrogen (secondary N) is 1. The Morgan fingerprint density at radius 1 is 1.33 bits per heavy atom. The lowest BCUT2D eigenvalue weighted by Gasteiger charge is -2.26. The van der Waals surface area contributed by atoms with E-state index in [0.717, 1.165) is 39.1 Å². The Bertz CT molecular complexity index is 532. The number of H-pyrrole nitrogens is 1. The van der Waals surface area contributed by atoms with Gasteiger partial charge in [-0.2, -0.15) is 0 Å². The van der Waals surface area contributed by atoms with Crippen LogP contribution < -0.4 is 0 Å². The number of para-hydroxylation sites is 1. The van der Waals surface area contributed by atoms with Crippen molar-refractivity contribution in [1.29, 1.82) is 0 Å². The van der Waals surface area contributed by atoms with E-state index in [-0.39, 0.29) is 0 Å². The summed E-state index contributed by atoms with van der Waals surface area (Å²) in [5.41, 5.74) is 4.20. The molecule has 1 N–H and O–H groups in total. The molecule has 0 radical (unpaired) electrons. The van der Waals surface area contributed by atoms with Crippen LogP contribution in [0.5, 0.6) is 0 Å². The van der Waals surface area contributed by atoms with Crippen molar-refractivity contribution in [3.63, 3.8) is 0 Å². The summed E-state index contributed by atoms with van der Waals surface area (Å²) >= 11 is 0. The first-order chi connectivity index (χ1) is 8.88. The first kappa shape index (κ1) is 11.8. The zero-order chi connectivity index (χ0) is 12.4. The van der Waals surface area contributed by atoms with Crippen LogP contribution in [0.25, 0.3) is 10.9 Å². The zero-order valence-corrected chi connectivity index (χ0v) is 10.9. The van der Waals surface area contributed by atoms with Crippen LogP contribution >= 0.6 is 0 Å². The SMILES string of the molecule is COCCCN1CCc2[nH]c3ccccc3c2C1. The number of ether oxygens (including phenoxy) is 1. The van der Waals surface area contributed by atoms with Gasteiger partial charge >= 0.3 is 0 Å². The van der Waals surface area contributed by atoms with Gasteiger partial charge in [-0.05, 0) is 18.1 Å². The Labute approximate surface area is 108 Å². The zero-order valence-electron chi connectivity index (χ0n) is 10.9. The molecule has 3 rings (SSSR count). The molecule has 1 aromatic heterocycles. The predicted molar refractivity (Wildman–Crippen MR) is 73.8 cm³/mol. The van der Waals surface area contributed by atoms with Crippen LogP contribution in [0.15, 0.2) is 24.3 Å². The highest BCUT2D eigenvalue weighted by Gasteiger charge is 2.19. The quantitative estimate of drug-likeness (QED) is 0.837. The standard InChI is InChI=1S/C15H20N2O/c1-18-10-4-8-17-9-7-15-13(11-17)12-5-2-3-6-14(12)16-15/h2-3,5-6,16H,4,7-11H2,1H3. The lowest BCUT2D eigenvalue weighted by atomic mass is 10.0. The van der Waals surface area contributed by atoms with Crippen LogP contribution in [0, 0.1) is 0 Å². The summed E-state index contributed by atoms with van der Waals surface area (Å²) in [5, 5.41) is 1.39. The first-order valence-electron chi connectivity index (χ1n) is 6.68. The number of fused-ring (bicyclic) bond motifs is 3. The molecule has 0 aliphatic carbocycles. The maximum absolute atomic E-state index is 5.12. The molecule has 3 heteroatoms. The van der Waals surface area contributed by atoms with Gasteiger partial charge in [0.15, 0.2) is 0 Å². The number of methoxy groups -OCH3 is 1. The van der Waals surface area contributed by atoms with Crippen LogP contribution in [0.2, 0.25) is 0 Å². The first-order valence-corrected chi connectivity index (χ1v) is 6.68. The summed E-state index contributed by atoms with van der Waals surface area (Å²) in [6, 6.07) is 8.62. The van der Waals surface area contributed by atoms with E-state index in [2.05, 4.69) is 34.1 Å². The largest absolute Gasteiger partial charge is 0.385 e. The van der Waals surface area contributed by atoms with Gasteiger partial charge in [0.05, 0.1) is 0 Å². The van der Waals surface area contributed by atoms with Crippen LogP contribution in [-0.4, -0.2) is 36.7 Å². The molecule has 0 saturated carbocycles. The van der Waals surface area contributed by atoms with E-state index >= 15 is 0 Å². The fourth-order valence-electron chi connectivity index (χ4n) is 2.85. The highest BCUT2D eigenvalue weighted by molar-refractivity contribution is 5.84. The van der Waals surface area contributed by atoms with E-state index < -0.39 is 0 Å². The van der Waals surface area contributed by atoms with Crippen molar-refractivity contribution in [1.82, 2.24) is 9.88 Å². The van der Waals surface area contributed by atoms with E-state index in [9.17, 15) is 0 Å². The molecule has 2 aromatic rings. The second-order valence-electron chi connectivity index (χ2n) is 5.00. The Hall–Kier alpha value is -1.32. The van der Waals surface area contributed by atoms with E-state index in [4.69, 9.17) is 4.74 Å². The molecule has 0 atom stereocenters. The number of benzene rings is 1. The maximum Gasteiger partial charge on any atom is 0.0474 e. The van der Waals surface area contributed by atoms with Gasteiger partial charge in [0.1, 0.15) is 0 Å². The third-order valence-electron chi connectivity index (χ3n) is 3.78. The average molecular weight is 244 g/mol. The molecule has 0 bridgehead atoms. The minimum Gasteiger partial charge on any atom is -0.385 e. The highest BCUT2D eigenvalue weighted by Crippen LogP contribution is 2.27. The number of hydrogen-bond donors (Lipinski definition) is 1. The van der Waals surface area contributed by atoms with Crippen molar-refractivity contribution in [2.75, 3.05) is 26.8 Å². The number of aromatic nitrogens is 1. The lowest BCUT2D eigenvalue weighted by Crippen LogP contribution is -2.31. The van der Waals surface area contributed by atoms with Crippen molar-refractivity contribution < 1.29 is 4.74 Å². The molecule has 96 valence electrons. The Kier molecular flexibility index (Phi) is 3.35. The summed E-state index contributed by atoms with van der Waals surface area (Å²) in [6.07, 6.45) is 2.26. The Morgan fingerprint density at radius 3 is 3.11 bits per heavy atom. The van der Waals surface area contributed by atoms with E-state index in [1.807, 2.05) is 0 Å². The molecule has 0 fully saturated rings. The van der Waals surface area contributed by atoms with Crippen LogP contribution in [0.4, 0.5) is 0 Å². The van der Waals surface area contributed by atoms with Gasteiger partial charge in [0, 0.05) is 56.4 Å². The molecule has 0 saturated heterocycles. The molecule has 1 aliphatic heterocycles. The fourth-order valence-corrected chi connectivity index (χ4v) is 2.85. The maximum atomic E-state index is 5.12.